The highest BCUT2D eigenvalue weighted by Gasteiger charge is 2.25. The summed E-state index contributed by atoms with van der Waals surface area (Å²) in [5.74, 6) is -0.824. The van der Waals surface area contributed by atoms with E-state index >= 15 is 0 Å². The highest BCUT2D eigenvalue weighted by atomic mass is 16.5. The van der Waals surface area contributed by atoms with Crippen LogP contribution in [0.15, 0.2) is 54.6 Å². The van der Waals surface area contributed by atoms with Gasteiger partial charge in [-0.3, -0.25) is 4.79 Å². The third-order valence-electron chi connectivity index (χ3n) is 5.02. The Morgan fingerprint density at radius 1 is 1.00 bits per heavy atom. The lowest BCUT2D eigenvalue weighted by molar-refractivity contribution is -0.142. The molecule has 0 heterocycles. The van der Waals surface area contributed by atoms with Crippen molar-refractivity contribution in [3.63, 3.8) is 0 Å². The number of anilines is 1. The zero-order valence-corrected chi connectivity index (χ0v) is 15.1. The maximum atomic E-state index is 11.0. The van der Waals surface area contributed by atoms with E-state index in [1.165, 1.54) is 5.56 Å². The van der Waals surface area contributed by atoms with Gasteiger partial charge in [0, 0.05) is 11.7 Å². The van der Waals surface area contributed by atoms with E-state index in [1.807, 2.05) is 12.1 Å². The number of rotatable bonds is 8. The summed E-state index contributed by atoms with van der Waals surface area (Å²) in [6.07, 6.45) is 4.26. The third-order valence-corrected chi connectivity index (χ3v) is 5.02. The molecule has 26 heavy (non-hydrogen) atoms. The van der Waals surface area contributed by atoms with Crippen molar-refractivity contribution in [2.45, 2.75) is 44.8 Å². The molecule has 0 aliphatic heterocycles. The maximum Gasteiger partial charge on any atom is 0.306 e. The first-order valence-corrected chi connectivity index (χ1v) is 9.40. The molecule has 0 atom stereocenters. The number of ether oxygens (including phenoxy) is 1. The summed E-state index contributed by atoms with van der Waals surface area (Å²) in [7, 11) is 0. The second-order valence-electron chi connectivity index (χ2n) is 7.02. The van der Waals surface area contributed by atoms with E-state index < -0.39 is 5.97 Å². The van der Waals surface area contributed by atoms with Crippen LogP contribution in [0, 0.1) is 5.92 Å². The van der Waals surface area contributed by atoms with Gasteiger partial charge >= 0.3 is 5.97 Å². The molecule has 1 aliphatic rings. The van der Waals surface area contributed by atoms with Crippen LogP contribution in [0.4, 0.5) is 5.69 Å². The summed E-state index contributed by atoms with van der Waals surface area (Å²) < 4.78 is 5.82. The molecule has 0 saturated heterocycles. The van der Waals surface area contributed by atoms with E-state index in [2.05, 4.69) is 47.8 Å². The number of hydrogen-bond acceptors (Lipinski definition) is 3. The van der Waals surface area contributed by atoms with Crippen LogP contribution in [0.5, 0.6) is 0 Å². The first-order valence-electron chi connectivity index (χ1n) is 9.40. The molecule has 4 nitrogen and oxygen atoms in total. The van der Waals surface area contributed by atoms with Crippen molar-refractivity contribution in [3.8, 4) is 0 Å². The minimum Gasteiger partial charge on any atom is -0.481 e. The first kappa shape index (κ1) is 18.5. The Balaban J connectivity index is 1.42. The maximum absolute atomic E-state index is 11.0. The van der Waals surface area contributed by atoms with Crippen LogP contribution < -0.4 is 5.32 Å². The molecule has 0 amide bonds. The highest BCUT2D eigenvalue weighted by Crippen LogP contribution is 2.27. The van der Waals surface area contributed by atoms with Crippen LogP contribution in [-0.4, -0.2) is 23.7 Å². The molecule has 0 unspecified atom stereocenters. The Hall–Kier alpha value is -2.33. The summed E-state index contributed by atoms with van der Waals surface area (Å²) in [6.45, 7) is 1.31. The van der Waals surface area contributed by atoms with Gasteiger partial charge in [0.1, 0.15) is 0 Å². The van der Waals surface area contributed by atoms with Gasteiger partial charge in [-0.15, -0.1) is 0 Å². The van der Waals surface area contributed by atoms with Gasteiger partial charge in [0.15, 0.2) is 0 Å². The van der Waals surface area contributed by atoms with Gasteiger partial charge in [0.25, 0.3) is 0 Å². The number of aliphatic carboxylic acids is 1. The second kappa shape index (κ2) is 9.39. The lowest BCUT2D eigenvalue weighted by Gasteiger charge is -2.27. The fourth-order valence-corrected chi connectivity index (χ4v) is 3.50. The minimum absolute atomic E-state index is 0.169. The third kappa shape index (κ3) is 5.60. The Labute approximate surface area is 155 Å². The van der Waals surface area contributed by atoms with E-state index in [1.54, 1.807) is 0 Å². The van der Waals surface area contributed by atoms with Crippen molar-refractivity contribution in [3.05, 3.63) is 65.7 Å². The fourth-order valence-electron chi connectivity index (χ4n) is 3.50. The Kier molecular flexibility index (Phi) is 6.67. The van der Waals surface area contributed by atoms with Gasteiger partial charge in [-0.2, -0.15) is 0 Å². The van der Waals surface area contributed by atoms with Gasteiger partial charge in [-0.1, -0.05) is 42.5 Å². The molecule has 2 aromatic carbocycles. The van der Waals surface area contributed by atoms with Crippen LogP contribution in [0.25, 0.3) is 0 Å². The predicted octanol–water partition coefficient (Wildman–Crippen LogP) is 4.50. The minimum atomic E-state index is -0.655. The van der Waals surface area contributed by atoms with Crippen molar-refractivity contribution in [2.75, 3.05) is 11.9 Å². The summed E-state index contributed by atoms with van der Waals surface area (Å²) in [5.41, 5.74) is 3.54. The van der Waals surface area contributed by atoms with E-state index in [0.29, 0.717) is 19.3 Å². The summed E-state index contributed by atoms with van der Waals surface area (Å²) in [5, 5.41) is 12.6. The number of hydrogen-bond donors (Lipinski definition) is 2. The zero-order valence-electron chi connectivity index (χ0n) is 15.1. The average Bonchev–Trinajstić information content (AvgIpc) is 2.67. The molecule has 1 aliphatic carbocycles. The smallest absolute Gasteiger partial charge is 0.306 e. The predicted molar refractivity (Wildman–Crippen MR) is 103 cm³/mol. The number of benzene rings is 2. The normalized spacial score (nSPS) is 19.8. The molecule has 0 aromatic heterocycles. The van der Waals surface area contributed by atoms with Crippen LogP contribution in [0.3, 0.4) is 0 Å². The number of carboxylic acids is 1. The van der Waals surface area contributed by atoms with Crippen LogP contribution >= 0.6 is 0 Å². The van der Waals surface area contributed by atoms with Crippen molar-refractivity contribution in [1.29, 1.82) is 0 Å². The molecule has 4 heteroatoms. The van der Waals surface area contributed by atoms with Crippen LogP contribution in [0.2, 0.25) is 0 Å². The molecule has 3 rings (SSSR count). The quantitative estimate of drug-likeness (QED) is 0.686. The van der Waals surface area contributed by atoms with Crippen molar-refractivity contribution < 1.29 is 14.6 Å². The fraction of sp³-hybridized carbons (Fsp3) is 0.409. The number of nitrogens with one attached hydrogen (secondary N) is 1. The largest absolute Gasteiger partial charge is 0.481 e. The van der Waals surface area contributed by atoms with Crippen LogP contribution in [0.1, 0.15) is 36.8 Å². The molecular weight excluding hydrogens is 326 g/mol. The van der Waals surface area contributed by atoms with E-state index in [9.17, 15) is 4.79 Å². The Bertz CT molecular complexity index is 694. The van der Waals surface area contributed by atoms with E-state index in [4.69, 9.17) is 9.84 Å². The molecule has 0 bridgehead atoms. The van der Waals surface area contributed by atoms with Crippen molar-refractivity contribution in [1.82, 2.24) is 0 Å². The lowest BCUT2D eigenvalue weighted by atomic mass is 9.86. The molecule has 1 fully saturated rings. The standard InChI is InChI=1S/C22H27NO3/c24-22(25)19-9-11-20(12-10-19)23-21-8-4-7-18(15-21)16-26-14-13-17-5-2-1-3-6-17/h1-8,15,19-20,23H,9-14,16H2,(H,24,25). The average molecular weight is 353 g/mol. The van der Waals surface area contributed by atoms with Crippen molar-refractivity contribution >= 4 is 11.7 Å². The summed E-state index contributed by atoms with van der Waals surface area (Å²) in [4.78, 5) is 11.0. The summed E-state index contributed by atoms with van der Waals surface area (Å²) in [6, 6.07) is 19.0. The number of carbonyl (C=O) groups is 1. The topological polar surface area (TPSA) is 58.6 Å². The molecule has 0 spiro atoms. The summed E-state index contributed by atoms with van der Waals surface area (Å²) >= 11 is 0. The number of carboxylic acid groups (broad SMARTS) is 1. The van der Waals surface area contributed by atoms with Gasteiger partial charge in [0.2, 0.25) is 0 Å². The van der Waals surface area contributed by atoms with E-state index in [0.717, 1.165) is 43.4 Å². The van der Waals surface area contributed by atoms with Crippen LogP contribution in [-0.2, 0) is 22.6 Å². The monoisotopic (exact) mass is 353 g/mol. The van der Waals surface area contributed by atoms with Gasteiger partial charge < -0.3 is 15.2 Å². The van der Waals surface area contributed by atoms with E-state index in [-0.39, 0.29) is 5.92 Å². The van der Waals surface area contributed by atoms with Crippen molar-refractivity contribution in [2.24, 2.45) is 5.92 Å². The molecule has 1 saturated carbocycles. The molecule has 2 aromatic rings. The molecular formula is C22H27NO3. The van der Waals surface area contributed by atoms with Gasteiger partial charge in [0.05, 0.1) is 19.1 Å². The Morgan fingerprint density at radius 3 is 2.46 bits per heavy atom. The first-order chi connectivity index (χ1) is 12.7. The molecule has 138 valence electrons. The highest BCUT2D eigenvalue weighted by molar-refractivity contribution is 5.70. The molecule has 0 radical (unpaired) electrons. The SMILES string of the molecule is O=C(O)C1CCC(Nc2cccc(COCCc3ccccc3)c2)CC1. The second-order valence-corrected chi connectivity index (χ2v) is 7.02. The lowest BCUT2D eigenvalue weighted by Crippen LogP contribution is -2.29. The van der Waals surface area contributed by atoms with Gasteiger partial charge in [-0.25, -0.2) is 0 Å². The van der Waals surface area contributed by atoms with Gasteiger partial charge in [-0.05, 0) is 55.4 Å². The molecule has 2 N–H and O–H groups in total. The zero-order chi connectivity index (χ0) is 18.2. The Morgan fingerprint density at radius 2 is 1.73 bits per heavy atom.